The van der Waals surface area contributed by atoms with Crippen molar-refractivity contribution in [2.45, 2.75) is 0 Å². The van der Waals surface area contributed by atoms with Gasteiger partial charge in [-0.1, -0.05) is 11.8 Å². The highest BCUT2D eigenvalue weighted by molar-refractivity contribution is 8.13. The zero-order valence-electron chi connectivity index (χ0n) is 9.96. The van der Waals surface area contributed by atoms with Gasteiger partial charge in [-0.25, -0.2) is 4.79 Å². The summed E-state index contributed by atoms with van der Waals surface area (Å²) in [5, 5.41) is -0.0809. The van der Waals surface area contributed by atoms with E-state index in [4.69, 9.17) is 14.2 Å². The van der Waals surface area contributed by atoms with Gasteiger partial charge in [0.15, 0.2) is 11.5 Å². The van der Waals surface area contributed by atoms with Gasteiger partial charge >= 0.3 is 5.97 Å². The van der Waals surface area contributed by atoms with E-state index < -0.39 is 5.97 Å². The van der Waals surface area contributed by atoms with Crippen LogP contribution in [0.15, 0.2) is 18.2 Å². The lowest BCUT2D eigenvalue weighted by atomic mass is 10.3. The lowest BCUT2D eigenvalue weighted by Crippen LogP contribution is -2.32. The van der Waals surface area contributed by atoms with Crippen molar-refractivity contribution >= 4 is 23.0 Å². The van der Waals surface area contributed by atoms with Gasteiger partial charge in [0, 0.05) is 18.4 Å². The predicted octanol–water partition coefficient (Wildman–Crippen LogP) is 1.49. The minimum atomic E-state index is -0.463. The summed E-state index contributed by atoms with van der Waals surface area (Å²) in [5.41, 5.74) is 0. The number of hydrogen-bond donors (Lipinski definition) is 0. The number of esters is 1. The summed E-state index contributed by atoms with van der Waals surface area (Å²) in [6.45, 7) is 0.728. The molecule has 1 aromatic carbocycles. The second-order valence-corrected chi connectivity index (χ2v) is 5.07. The Labute approximate surface area is 113 Å². The first kappa shape index (κ1) is 12.2. The van der Waals surface area contributed by atoms with Gasteiger partial charge in [-0.3, -0.25) is 4.79 Å². The molecule has 0 radical (unpaired) electrons. The number of hydrogen-bond acceptors (Lipinski definition) is 6. The Bertz CT molecular complexity index is 533. The molecule has 0 atom stereocenters. The normalized spacial score (nSPS) is 16.8. The molecule has 1 fully saturated rings. The summed E-state index contributed by atoms with van der Waals surface area (Å²) < 4.78 is 15.5. The van der Waals surface area contributed by atoms with Crippen molar-refractivity contribution < 1.29 is 23.8 Å². The summed E-state index contributed by atoms with van der Waals surface area (Å²) in [6.07, 6.45) is 0. The predicted molar refractivity (Wildman–Crippen MR) is 67.6 cm³/mol. The molecular formula is C12H11NO5S. The van der Waals surface area contributed by atoms with Crippen LogP contribution in [0.2, 0.25) is 0 Å². The average molecular weight is 281 g/mol. The number of carbonyl (C=O) groups excluding carboxylic acids is 2. The number of benzene rings is 1. The second-order valence-electron chi connectivity index (χ2n) is 4.03. The third-order valence-electron chi connectivity index (χ3n) is 2.74. The molecule has 0 N–H and O–H groups in total. The highest BCUT2D eigenvalue weighted by atomic mass is 32.2. The van der Waals surface area contributed by atoms with Crippen molar-refractivity contribution in [1.82, 2.24) is 4.90 Å². The molecule has 3 rings (SSSR count). The van der Waals surface area contributed by atoms with E-state index in [1.807, 2.05) is 0 Å². The van der Waals surface area contributed by atoms with Crippen molar-refractivity contribution in [3.8, 4) is 17.2 Å². The van der Waals surface area contributed by atoms with Crippen molar-refractivity contribution in [3.05, 3.63) is 18.2 Å². The average Bonchev–Trinajstić information content (AvgIpc) is 2.98. The molecule has 2 aliphatic heterocycles. The minimum absolute atomic E-state index is 0.0275. The molecule has 1 saturated heterocycles. The molecule has 2 heterocycles. The van der Waals surface area contributed by atoms with Crippen LogP contribution in [0.1, 0.15) is 0 Å². The van der Waals surface area contributed by atoms with Crippen LogP contribution in [0.3, 0.4) is 0 Å². The van der Waals surface area contributed by atoms with Gasteiger partial charge in [0.25, 0.3) is 5.24 Å². The molecular weight excluding hydrogens is 270 g/mol. The van der Waals surface area contributed by atoms with Gasteiger partial charge in [0.05, 0.1) is 0 Å². The maximum absolute atomic E-state index is 11.7. The van der Waals surface area contributed by atoms with Crippen molar-refractivity contribution in [1.29, 1.82) is 0 Å². The highest BCUT2D eigenvalue weighted by Gasteiger charge is 2.24. The molecule has 1 aromatic rings. The molecule has 0 aliphatic carbocycles. The lowest BCUT2D eigenvalue weighted by Gasteiger charge is -2.13. The third-order valence-corrected chi connectivity index (χ3v) is 3.63. The summed E-state index contributed by atoms with van der Waals surface area (Å²) in [7, 11) is 0. The van der Waals surface area contributed by atoms with Crippen molar-refractivity contribution in [2.24, 2.45) is 0 Å². The molecule has 1 amide bonds. The molecule has 6 nitrogen and oxygen atoms in total. The van der Waals surface area contributed by atoms with Crippen LogP contribution < -0.4 is 14.2 Å². The second kappa shape index (κ2) is 5.00. The first-order valence-corrected chi connectivity index (χ1v) is 6.73. The standard InChI is InChI=1S/C12H11NO5S/c14-11(6-13-3-4-19-12(13)15)18-8-1-2-9-10(5-8)17-7-16-9/h1-2,5H,3-4,6-7H2. The lowest BCUT2D eigenvalue weighted by molar-refractivity contribution is -0.134. The maximum Gasteiger partial charge on any atom is 0.331 e. The topological polar surface area (TPSA) is 65.1 Å². The zero-order chi connectivity index (χ0) is 13.2. The first-order chi connectivity index (χ1) is 9.22. The fourth-order valence-corrected chi connectivity index (χ4v) is 2.65. The Morgan fingerprint density at radius 2 is 2.21 bits per heavy atom. The van der Waals surface area contributed by atoms with Crippen LogP contribution in [0.5, 0.6) is 17.2 Å². The third kappa shape index (κ3) is 2.60. The van der Waals surface area contributed by atoms with Crippen molar-refractivity contribution in [3.63, 3.8) is 0 Å². The number of fused-ring (bicyclic) bond motifs is 1. The van der Waals surface area contributed by atoms with Gasteiger partial charge in [-0.2, -0.15) is 0 Å². The highest BCUT2D eigenvalue weighted by Crippen LogP contribution is 2.35. The van der Waals surface area contributed by atoms with E-state index in [1.54, 1.807) is 18.2 Å². The fourth-order valence-electron chi connectivity index (χ4n) is 1.83. The van der Waals surface area contributed by atoms with E-state index in [0.29, 0.717) is 23.8 Å². The van der Waals surface area contributed by atoms with Crippen molar-refractivity contribution in [2.75, 3.05) is 25.6 Å². The number of nitrogens with zero attached hydrogens (tertiary/aromatic N) is 1. The summed E-state index contributed by atoms with van der Waals surface area (Å²) in [6, 6.07) is 4.91. The first-order valence-electron chi connectivity index (χ1n) is 5.74. The van der Waals surface area contributed by atoms with Crippen LogP contribution in [0, 0.1) is 0 Å². The van der Waals surface area contributed by atoms with E-state index in [2.05, 4.69) is 0 Å². The fraction of sp³-hybridized carbons (Fsp3) is 0.333. The molecule has 0 spiro atoms. The molecule has 7 heteroatoms. The molecule has 19 heavy (non-hydrogen) atoms. The molecule has 0 bridgehead atoms. The van der Waals surface area contributed by atoms with Gasteiger partial charge in [-0.15, -0.1) is 0 Å². The van der Waals surface area contributed by atoms with E-state index in [-0.39, 0.29) is 18.6 Å². The summed E-state index contributed by atoms with van der Waals surface area (Å²) in [5.74, 6) is 1.82. The molecule has 0 saturated carbocycles. The van der Waals surface area contributed by atoms with Gasteiger partial charge in [0.2, 0.25) is 6.79 Å². The largest absolute Gasteiger partial charge is 0.454 e. The van der Waals surface area contributed by atoms with Gasteiger partial charge < -0.3 is 19.1 Å². The van der Waals surface area contributed by atoms with Crippen LogP contribution >= 0.6 is 11.8 Å². The number of thioether (sulfide) groups is 1. The van der Waals surface area contributed by atoms with Crippen LogP contribution in [0.25, 0.3) is 0 Å². The number of ether oxygens (including phenoxy) is 3. The van der Waals surface area contributed by atoms with Gasteiger partial charge in [-0.05, 0) is 12.1 Å². The SMILES string of the molecule is O=C(CN1CCSC1=O)Oc1ccc2c(c1)OCO2. The Hall–Kier alpha value is -1.89. The van der Waals surface area contributed by atoms with Crippen LogP contribution in [0.4, 0.5) is 4.79 Å². The monoisotopic (exact) mass is 281 g/mol. The summed E-state index contributed by atoms with van der Waals surface area (Å²) >= 11 is 1.21. The maximum atomic E-state index is 11.7. The Morgan fingerprint density at radius 1 is 1.37 bits per heavy atom. The quantitative estimate of drug-likeness (QED) is 0.618. The Balaban J connectivity index is 1.61. The Morgan fingerprint density at radius 3 is 3.00 bits per heavy atom. The molecule has 100 valence electrons. The number of carbonyl (C=O) groups is 2. The Kier molecular flexibility index (Phi) is 3.20. The van der Waals surface area contributed by atoms with E-state index in [9.17, 15) is 9.59 Å². The number of amides is 1. The molecule has 0 unspecified atom stereocenters. The van der Waals surface area contributed by atoms with E-state index >= 15 is 0 Å². The molecule has 2 aliphatic rings. The van der Waals surface area contributed by atoms with E-state index in [1.165, 1.54) is 16.7 Å². The van der Waals surface area contributed by atoms with Crippen LogP contribution in [-0.4, -0.2) is 41.7 Å². The number of rotatable bonds is 3. The molecule has 0 aromatic heterocycles. The summed E-state index contributed by atoms with van der Waals surface area (Å²) in [4.78, 5) is 24.5. The van der Waals surface area contributed by atoms with Gasteiger partial charge in [0.1, 0.15) is 12.3 Å². The van der Waals surface area contributed by atoms with Crippen LogP contribution in [-0.2, 0) is 4.79 Å². The smallest absolute Gasteiger partial charge is 0.331 e. The zero-order valence-corrected chi connectivity index (χ0v) is 10.8. The van der Waals surface area contributed by atoms with E-state index in [0.717, 1.165) is 5.75 Å². The minimum Gasteiger partial charge on any atom is -0.454 e.